The Hall–Kier alpha value is -2.72. The van der Waals surface area contributed by atoms with Crippen molar-refractivity contribution in [3.63, 3.8) is 0 Å². The number of halogens is 4. The van der Waals surface area contributed by atoms with Gasteiger partial charge < -0.3 is 9.26 Å². The Morgan fingerprint density at radius 3 is 2.32 bits per heavy atom. The van der Waals surface area contributed by atoms with E-state index in [9.17, 15) is 21.6 Å². The minimum Gasteiger partial charge on any atom is -0.489 e. The van der Waals surface area contributed by atoms with Gasteiger partial charge in [-0.15, -0.1) is 0 Å². The van der Waals surface area contributed by atoms with Gasteiger partial charge in [0.2, 0.25) is 0 Å². The van der Waals surface area contributed by atoms with Gasteiger partial charge in [-0.2, -0.15) is 13.2 Å². The molecule has 11 heteroatoms. The highest BCUT2D eigenvalue weighted by molar-refractivity contribution is 7.92. The second-order valence-corrected chi connectivity index (χ2v) is 9.07. The second kappa shape index (κ2) is 8.43. The van der Waals surface area contributed by atoms with Crippen molar-refractivity contribution in [3.8, 4) is 5.75 Å². The van der Waals surface area contributed by atoms with Crippen LogP contribution in [-0.2, 0) is 22.8 Å². The number of nitrogens with zero attached hydrogens (tertiary/aromatic N) is 2. The van der Waals surface area contributed by atoms with Crippen LogP contribution in [0.5, 0.6) is 5.75 Å². The van der Waals surface area contributed by atoms with Gasteiger partial charge in [-0.1, -0.05) is 16.8 Å². The Labute approximate surface area is 182 Å². The topological polar surface area (TPSA) is 72.6 Å². The van der Waals surface area contributed by atoms with Gasteiger partial charge in [0.25, 0.3) is 10.0 Å². The Balaban J connectivity index is 1.80. The van der Waals surface area contributed by atoms with Crippen molar-refractivity contribution >= 4 is 27.3 Å². The summed E-state index contributed by atoms with van der Waals surface area (Å²) in [6.45, 7) is 3.78. The number of alkyl halides is 3. The van der Waals surface area contributed by atoms with Crippen LogP contribution < -0.4 is 9.04 Å². The number of anilines is 1. The van der Waals surface area contributed by atoms with Crippen molar-refractivity contribution in [2.75, 3.05) is 11.4 Å². The maximum atomic E-state index is 13.1. The molecule has 2 aromatic carbocycles. The molecule has 1 aromatic heterocycles. The fourth-order valence-electron chi connectivity index (χ4n) is 2.79. The molecule has 166 valence electrons. The van der Waals surface area contributed by atoms with Crippen LogP contribution in [0.25, 0.3) is 0 Å². The van der Waals surface area contributed by atoms with Crippen LogP contribution in [0.3, 0.4) is 0 Å². The van der Waals surface area contributed by atoms with E-state index in [1.807, 2.05) is 0 Å². The molecule has 0 unspecified atom stereocenters. The summed E-state index contributed by atoms with van der Waals surface area (Å²) in [7, 11) is -3.00. The molecule has 0 aliphatic carbocycles. The molecule has 0 saturated heterocycles. The van der Waals surface area contributed by atoms with Gasteiger partial charge in [-0.25, -0.2) is 8.42 Å². The van der Waals surface area contributed by atoms with Crippen LogP contribution in [0.2, 0.25) is 5.02 Å². The molecule has 0 fully saturated rings. The second-order valence-electron chi connectivity index (χ2n) is 6.70. The number of hydrogen-bond acceptors (Lipinski definition) is 5. The third-order valence-electron chi connectivity index (χ3n) is 4.67. The van der Waals surface area contributed by atoms with Gasteiger partial charge in [0, 0.05) is 7.05 Å². The smallest absolute Gasteiger partial charge is 0.417 e. The van der Waals surface area contributed by atoms with Crippen LogP contribution >= 0.6 is 11.6 Å². The highest BCUT2D eigenvalue weighted by Crippen LogP contribution is 2.36. The van der Waals surface area contributed by atoms with E-state index in [1.54, 1.807) is 26.0 Å². The molecule has 31 heavy (non-hydrogen) atoms. The van der Waals surface area contributed by atoms with E-state index in [2.05, 4.69) is 5.16 Å². The first-order valence-corrected chi connectivity index (χ1v) is 10.7. The van der Waals surface area contributed by atoms with E-state index < -0.39 is 31.7 Å². The van der Waals surface area contributed by atoms with Gasteiger partial charge in [0.15, 0.2) is 0 Å². The standard InChI is InChI=1S/C20H18ClF3N2O4S/c1-12-17(13(2)30-25-12)11-29-15-6-4-14(5-7-15)26(3)31(27,28)16-8-9-19(21)18(10-16)20(22,23)24/h4-10H,11H2,1-3H3. The number of ether oxygens (including phenoxy) is 1. The van der Waals surface area contributed by atoms with E-state index in [1.165, 1.54) is 19.2 Å². The largest absolute Gasteiger partial charge is 0.489 e. The highest BCUT2D eigenvalue weighted by atomic mass is 35.5. The zero-order valence-corrected chi connectivity index (χ0v) is 18.3. The third-order valence-corrected chi connectivity index (χ3v) is 6.78. The number of benzene rings is 2. The summed E-state index contributed by atoms with van der Waals surface area (Å²) in [6, 6.07) is 8.56. The third kappa shape index (κ3) is 4.80. The molecular weight excluding hydrogens is 457 g/mol. The van der Waals surface area contributed by atoms with E-state index >= 15 is 0 Å². The quantitative estimate of drug-likeness (QED) is 0.480. The maximum Gasteiger partial charge on any atom is 0.417 e. The molecule has 3 aromatic rings. The summed E-state index contributed by atoms with van der Waals surface area (Å²) in [6.07, 6.45) is -4.78. The summed E-state index contributed by atoms with van der Waals surface area (Å²) in [5, 5.41) is 3.27. The van der Waals surface area contributed by atoms with Crippen molar-refractivity contribution in [1.82, 2.24) is 5.16 Å². The number of rotatable bonds is 6. The normalized spacial score (nSPS) is 12.1. The molecule has 0 bridgehead atoms. The van der Waals surface area contributed by atoms with Crippen molar-refractivity contribution in [2.45, 2.75) is 31.5 Å². The van der Waals surface area contributed by atoms with Crippen LogP contribution in [0, 0.1) is 13.8 Å². The lowest BCUT2D eigenvalue weighted by atomic mass is 10.2. The summed E-state index contributed by atoms with van der Waals surface area (Å²) in [5.74, 6) is 1.11. The Kier molecular flexibility index (Phi) is 6.24. The highest BCUT2D eigenvalue weighted by Gasteiger charge is 2.35. The predicted octanol–water partition coefficient (Wildman–Crippen LogP) is 5.37. The molecular formula is C20H18ClF3N2O4S. The summed E-state index contributed by atoms with van der Waals surface area (Å²) in [4.78, 5) is -0.523. The lowest BCUT2D eigenvalue weighted by Crippen LogP contribution is -2.26. The van der Waals surface area contributed by atoms with E-state index in [0.29, 0.717) is 23.3 Å². The first kappa shape index (κ1) is 23.0. The molecule has 0 N–H and O–H groups in total. The average molecular weight is 475 g/mol. The van der Waals surface area contributed by atoms with E-state index in [-0.39, 0.29) is 12.3 Å². The monoisotopic (exact) mass is 474 g/mol. The number of sulfonamides is 1. The van der Waals surface area contributed by atoms with Crippen molar-refractivity contribution in [2.24, 2.45) is 0 Å². The Bertz CT molecular complexity index is 1170. The average Bonchev–Trinajstić information content (AvgIpc) is 3.03. The van der Waals surface area contributed by atoms with Crippen LogP contribution in [0.1, 0.15) is 22.6 Å². The van der Waals surface area contributed by atoms with E-state index in [0.717, 1.165) is 22.0 Å². The fourth-order valence-corrected chi connectivity index (χ4v) is 4.24. The summed E-state index contributed by atoms with van der Waals surface area (Å²) >= 11 is 5.58. The lowest BCUT2D eigenvalue weighted by molar-refractivity contribution is -0.137. The van der Waals surface area contributed by atoms with Gasteiger partial charge >= 0.3 is 6.18 Å². The molecule has 0 radical (unpaired) electrons. The van der Waals surface area contributed by atoms with Crippen LogP contribution in [0.4, 0.5) is 18.9 Å². The number of aryl methyl sites for hydroxylation is 2. The maximum absolute atomic E-state index is 13.1. The Morgan fingerprint density at radius 1 is 1.13 bits per heavy atom. The molecule has 3 rings (SSSR count). The minimum absolute atomic E-state index is 0.222. The van der Waals surface area contributed by atoms with Crippen LogP contribution in [0.15, 0.2) is 51.9 Å². The van der Waals surface area contributed by atoms with Gasteiger partial charge in [0.05, 0.1) is 32.4 Å². The predicted molar refractivity (Wildman–Crippen MR) is 109 cm³/mol. The molecule has 0 saturated carbocycles. The first-order valence-electron chi connectivity index (χ1n) is 8.91. The molecule has 0 aliphatic heterocycles. The first-order chi connectivity index (χ1) is 14.4. The molecule has 1 heterocycles. The minimum atomic E-state index is -4.78. The van der Waals surface area contributed by atoms with Gasteiger partial charge in [0.1, 0.15) is 18.1 Å². The van der Waals surface area contributed by atoms with Crippen molar-refractivity contribution < 1.29 is 30.8 Å². The van der Waals surface area contributed by atoms with Crippen molar-refractivity contribution in [1.29, 1.82) is 0 Å². The summed E-state index contributed by atoms with van der Waals surface area (Å²) in [5.41, 5.74) is 0.549. The van der Waals surface area contributed by atoms with E-state index in [4.69, 9.17) is 20.9 Å². The fraction of sp³-hybridized carbons (Fsp3) is 0.250. The van der Waals surface area contributed by atoms with Gasteiger partial charge in [-0.05, 0) is 56.3 Å². The van der Waals surface area contributed by atoms with Gasteiger partial charge in [-0.3, -0.25) is 4.31 Å². The molecule has 0 aliphatic rings. The zero-order valence-electron chi connectivity index (χ0n) is 16.7. The molecule has 0 amide bonds. The van der Waals surface area contributed by atoms with Crippen molar-refractivity contribution in [3.05, 3.63) is 70.1 Å². The lowest BCUT2D eigenvalue weighted by Gasteiger charge is -2.21. The van der Waals surface area contributed by atoms with Crippen LogP contribution in [-0.4, -0.2) is 20.6 Å². The SMILES string of the molecule is Cc1noc(C)c1COc1ccc(N(C)S(=O)(=O)c2ccc(Cl)c(C(F)(F)F)c2)cc1. The number of hydrogen-bond donors (Lipinski definition) is 0. The molecule has 0 spiro atoms. The summed E-state index contributed by atoms with van der Waals surface area (Å²) < 4.78 is 76.6. The number of aromatic nitrogens is 1. The zero-order chi connectivity index (χ0) is 23.0. The molecule has 6 nitrogen and oxygen atoms in total. The Morgan fingerprint density at radius 2 is 1.77 bits per heavy atom. The molecule has 0 atom stereocenters.